The normalized spacial score (nSPS) is 12.9. The summed E-state index contributed by atoms with van der Waals surface area (Å²) in [5.41, 5.74) is 9.82. The molecule has 0 fully saturated rings. The third kappa shape index (κ3) is 6.98. The molecular formula is C33H39Cl3SiTi. The van der Waals surface area contributed by atoms with Crippen molar-refractivity contribution in [1.29, 1.82) is 0 Å². The van der Waals surface area contributed by atoms with Gasteiger partial charge < -0.3 is 37.2 Å². The minimum atomic E-state index is -2.51. The SMILES string of the molecule is CCCCC1=C([Si](c2cc(C)cc(C)c2)(c2cc(C)cc(C)c2)c2cc(C)cc(C)c2)CC=[C]1[Ti+3].[Cl-].[Cl-].[Cl-]. The van der Waals surface area contributed by atoms with E-state index in [2.05, 4.69) is 130 Å². The standard InChI is InChI=1S/C33H39Si.3ClH.Ti/c1-8-9-11-29-12-10-13-33(29)34(30-17-23(2)14-24(3)18-30,31-19-25(4)15-26(5)20-31)32-21-27(6)16-28(7)22-32;;;;/h10,14-22H,8-9,11,13H2,1-7H3;3*1H;/q;;;;+3/p-3. The molecule has 0 atom stereocenters. The molecule has 0 nitrogen and oxygen atoms in total. The Bertz CT molecular complexity index is 1150. The first-order valence-electron chi connectivity index (χ1n) is 13.1. The fourth-order valence-electron chi connectivity index (χ4n) is 6.23. The second kappa shape index (κ2) is 14.5. The van der Waals surface area contributed by atoms with Gasteiger partial charge in [-0.25, -0.2) is 0 Å². The Kier molecular flexibility index (Phi) is 13.4. The summed E-state index contributed by atoms with van der Waals surface area (Å²) in [5.74, 6) is 0. The fraction of sp³-hybridized carbons (Fsp3) is 0.333. The molecule has 0 saturated carbocycles. The van der Waals surface area contributed by atoms with Gasteiger partial charge in [-0.15, -0.1) is 0 Å². The summed E-state index contributed by atoms with van der Waals surface area (Å²) in [4.78, 5) is 0. The number of unbranched alkanes of at least 4 members (excludes halogenated alkanes) is 1. The zero-order chi connectivity index (χ0) is 25.3. The zero-order valence-electron chi connectivity index (χ0n) is 23.7. The Labute approximate surface area is 262 Å². The molecular weight excluding hydrogens is 579 g/mol. The molecule has 0 aliphatic heterocycles. The topological polar surface area (TPSA) is 0 Å². The summed E-state index contributed by atoms with van der Waals surface area (Å²) in [6.07, 6.45) is 7.25. The van der Waals surface area contributed by atoms with Crippen LogP contribution in [0.5, 0.6) is 0 Å². The number of aryl methyl sites for hydroxylation is 6. The summed E-state index contributed by atoms with van der Waals surface area (Å²) >= 11 is 2.35. The van der Waals surface area contributed by atoms with Gasteiger partial charge in [-0.05, 0) is 0 Å². The first-order chi connectivity index (χ1) is 16.6. The summed E-state index contributed by atoms with van der Waals surface area (Å²) in [6, 6.07) is 22.0. The predicted molar refractivity (Wildman–Crippen MR) is 152 cm³/mol. The minimum absolute atomic E-state index is 0. The van der Waals surface area contributed by atoms with Gasteiger partial charge in [-0.1, -0.05) is 0 Å². The van der Waals surface area contributed by atoms with Crippen LogP contribution >= 0.6 is 0 Å². The first-order valence-corrected chi connectivity index (χ1v) is 15.8. The van der Waals surface area contributed by atoms with E-state index < -0.39 is 8.07 Å². The second-order valence-corrected chi connectivity index (χ2v) is 15.4. The molecule has 0 aromatic heterocycles. The minimum Gasteiger partial charge on any atom is -1.00 e. The summed E-state index contributed by atoms with van der Waals surface area (Å²) < 4.78 is 1.50. The number of benzene rings is 3. The molecule has 0 spiro atoms. The maximum atomic E-state index is 2.51. The smallest absolute Gasteiger partial charge is 1.00 e. The van der Waals surface area contributed by atoms with Crippen molar-refractivity contribution in [3.05, 3.63) is 109 Å². The number of hydrogen-bond acceptors (Lipinski definition) is 0. The van der Waals surface area contributed by atoms with Gasteiger partial charge in [-0.2, -0.15) is 0 Å². The van der Waals surface area contributed by atoms with Crippen molar-refractivity contribution in [2.75, 3.05) is 0 Å². The number of allylic oxidation sites excluding steroid dienone is 4. The fourth-order valence-corrected chi connectivity index (χ4v) is 12.8. The maximum Gasteiger partial charge on any atom is -1.00 e. The van der Waals surface area contributed by atoms with Crippen molar-refractivity contribution < 1.29 is 57.7 Å². The van der Waals surface area contributed by atoms with Crippen molar-refractivity contribution in [3.8, 4) is 0 Å². The van der Waals surface area contributed by atoms with Crippen LogP contribution in [0.25, 0.3) is 0 Å². The molecule has 4 rings (SSSR count). The van der Waals surface area contributed by atoms with E-state index in [1.165, 1.54) is 72.1 Å². The third-order valence-corrected chi connectivity index (χ3v) is 13.1. The molecule has 1 aliphatic rings. The van der Waals surface area contributed by atoms with Crippen LogP contribution in [0.15, 0.2) is 75.3 Å². The van der Waals surface area contributed by atoms with E-state index in [0.29, 0.717) is 0 Å². The molecule has 0 unspecified atom stereocenters. The average Bonchev–Trinajstić information content (AvgIpc) is 3.11. The van der Waals surface area contributed by atoms with Crippen LogP contribution in [0.2, 0.25) is 0 Å². The van der Waals surface area contributed by atoms with E-state index in [-0.39, 0.29) is 37.2 Å². The van der Waals surface area contributed by atoms with Crippen LogP contribution in [0.4, 0.5) is 0 Å². The molecule has 5 heteroatoms. The largest absolute Gasteiger partial charge is 1.00 e. The van der Waals surface area contributed by atoms with Gasteiger partial charge in [0.2, 0.25) is 0 Å². The Morgan fingerprint density at radius 1 is 0.605 bits per heavy atom. The zero-order valence-corrected chi connectivity index (χ0v) is 28.6. The molecule has 0 N–H and O–H groups in total. The monoisotopic (exact) mass is 616 g/mol. The summed E-state index contributed by atoms with van der Waals surface area (Å²) in [7, 11) is -2.51. The van der Waals surface area contributed by atoms with E-state index in [9.17, 15) is 0 Å². The molecule has 200 valence electrons. The van der Waals surface area contributed by atoms with E-state index in [1.807, 2.05) is 0 Å². The van der Waals surface area contributed by atoms with Crippen molar-refractivity contribution in [2.45, 2.75) is 74.1 Å². The van der Waals surface area contributed by atoms with E-state index >= 15 is 0 Å². The van der Waals surface area contributed by atoms with Crippen LogP contribution in [-0.4, -0.2) is 8.07 Å². The molecule has 3 aromatic carbocycles. The molecule has 38 heavy (non-hydrogen) atoms. The molecule has 0 radical (unpaired) electrons. The van der Waals surface area contributed by atoms with Crippen LogP contribution in [0, 0.1) is 41.5 Å². The van der Waals surface area contributed by atoms with Crippen molar-refractivity contribution in [2.24, 2.45) is 0 Å². The van der Waals surface area contributed by atoms with Gasteiger partial charge in [0, 0.05) is 0 Å². The molecule has 0 heterocycles. The van der Waals surface area contributed by atoms with Gasteiger partial charge in [-0.3, -0.25) is 0 Å². The van der Waals surface area contributed by atoms with Gasteiger partial charge in [0.1, 0.15) is 0 Å². The van der Waals surface area contributed by atoms with E-state index in [1.54, 1.807) is 10.8 Å². The molecule has 0 bridgehead atoms. The molecule has 1 aliphatic carbocycles. The Balaban J connectivity index is 0.00000241. The van der Waals surface area contributed by atoms with Crippen LogP contribution in [-0.2, 0) is 20.4 Å². The average molecular weight is 618 g/mol. The Morgan fingerprint density at radius 3 is 1.26 bits per heavy atom. The van der Waals surface area contributed by atoms with Crippen molar-refractivity contribution in [1.82, 2.24) is 0 Å². The Hall–Kier alpha value is -1.06. The molecule has 0 saturated heterocycles. The van der Waals surface area contributed by atoms with Crippen molar-refractivity contribution >= 4 is 23.6 Å². The van der Waals surface area contributed by atoms with Gasteiger partial charge in [0.25, 0.3) is 0 Å². The van der Waals surface area contributed by atoms with Crippen molar-refractivity contribution in [3.63, 3.8) is 0 Å². The van der Waals surface area contributed by atoms with Gasteiger partial charge >= 0.3 is 227 Å². The van der Waals surface area contributed by atoms with Gasteiger partial charge in [0.05, 0.1) is 0 Å². The van der Waals surface area contributed by atoms with Gasteiger partial charge in [0.15, 0.2) is 0 Å². The van der Waals surface area contributed by atoms with E-state index in [0.717, 1.165) is 6.42 Å². The predicted octanol–water partition coefficient (Wildman–Crippen LogP) is -2.12. The second-order valence-electron chi connectivity index (χ2n) is 10.8. The third-order valence-electron chi connectivity index (χ3n) is 7.40. The first kappa shape index (κ1) is 35.0. The maximum absolute atomic E-state index is 2.51. The number of rotatable bonds is 7. The van der Waals surface area contributed by atoms with Crippen LogP contribution in [0.3, 0.4) is 0 Å². The molecule has 0 amide bonds. The summed E-state index contributed by atoms with van der Waals surface area (Å²) in [5, 5.41) is 6.33. The number of hydrogen-bond donors (Lipinski definition) is 0. The van der Waals surface area contributed by atoms with Crippen LogP contribution < -0.4 is 52.8 Å². The quantitative estimate of drug-likeness (QED) is 0.210. The number of halogens is 3. The molecule has 3 aromatic rings. The summed E-state index contributed by atoms with van der Waals surface area (Å²) in [6.45, 7) is 15.9. The Morgan fingerprint density at radius 2 is 0.947 bits per heavy atom. The van der Waals surface area contributed by atoms with Crippen LogP contribution in [0.1, 0.15) is 66.0 Å². The van der Waals surface area contributed by atoms with E-state index in [4.69, 9.17) is 0 Å².